The van der Waals surface area contributed by atoms with Gasteiger partial charge in [0, 0.05) is 12.6 Å². The summed E-state index contributed by atoms with van der Waals surface area (Å²) in [5.74, 6) is 0. The molecule has 59 valence electrons. The molecule has 1 radical (unpaired) electrons. The fourth-order valence-corrected chi connectivity index (χ4v) is 0.926. The number of oxime groups is 1. The number of allylic oxidation sites excluding steroid dienone is 4. The molecule has 0 aliphatic heterocycles. The van der Waals surface area contributed by atoms with Gasteiger partial charge in [-0.3, -0.25) is 0 Å². The van der Waals surface area contributed by atoms with Gasteiger partial charge in [-0.2, -0.15) is 0 Å². The summed E-state index contributed by atoms with van der Waals surface area (Å²) in [5, 5.41) is 3.66. The maximum absolute atomic E-state index is 4.54. The smallest absolute Gasteiger partial charge is 0.106 e. The molecule has 0 unspecified atom stereocenters. The summed E-state index contributed by atoms with van der Waals surface area (Å²) < 4.78 is 0. The highest BCUT2D eigenvalue weighted by Crippen LogP contribution is 2.10. The van der Waals surface area contributed by atoms with Crippen LogP contribution in [0.4, 0.5) is 0 Å². The summed E-state index contributed by atoms with van der Waals surface area (Å²) in [6.45, 7) is 0. The molecule has 11 heavy (non-hydrogen) atoms. The van der Waals surface area contributed by atoms with Crippen LogP contribution in [0.1, 0.15) is 12.8 Å². The highest BCUT2D eigenvalue weighted by atomic mass is 16.6. The number of nitrogens with zero attached hydrogens (tertiary/aromatic N) is 1. The predicted molar refractivity (Wildman–Crippen MR) is 46.3 cm³/mol. The van der Waals surface area contributed by atoms with Crippen molar-refractivity contribution in [3.63, 3.8) is 0 Å². The lowest BCUT2D eigenvalue weighted by molar-refractivity contribution is 0.215. The van der Waals surface area contributed by atoms with Crippen LogP contribution in [0, 0.1) is 6.42 Å². The van der Waals surface area contributed by atoms with E-state index in [4.69, 9.17) is 0 Å². The Bertz CT molecular complexity index is 192. The monoisotopic (exact) mass is 150 g/mol. The Kier molecular flexibility index (Phi) is 3.45. The van der Waals surface area contributed by atoms with Gasteiger partial charge >= 0.3 is 0 Å². The van der Waals surface area contributed by atoms with E-state index in [1.807, 2.05) is 0 Å². The van der Waals surface area contributed by atoms with Gasteiger partial charge in [-0.25, -0.2) is 0 Å². The van der Waals surface area contributed by atoms with Crippen molar-refractivity contribution in [3.8, 4) is 0 Å². The van der Waals surface area contributed by atoms with Crippen molar-refractivity contribution in [2.45, 2.75) is 12.8 Å². The number of hydrogen-bond acceptors (Lipinski definition) is 2. The Morgan fingerprint density at radius 3 is 3.27 bits per heavy atom. The summed E-state index contributed by atoms with van der Waals surface area (Å²) in [5.41, 5.74) is 1.30. The minimum absolute atomic E-state index is 0.859. The van der Waals surface area contributed by atoms with E-state index < -0.39 is 0 Å². The minimum atomic E-state index is 0.859. The normalized spacial score (nSPS) is 17.0. The predicted octanol–water partition coefficient (Wildman–Crippen LogP) is 2.10. The summed E-state index contributed by atoms with van der Waals surface area (Å²) in [6.07, 6.45) is 12.1. The second kappa shape index (κ2) is 4.72. The van der Waals surface area contributed by atoms with Crippen LogP contribution < -0.4 is 0 Å². The first-order chi connectivity index (χ1) is 5.43. The molecule has 1 aliphatic rings. The SMILES string of the molecule is CO/N=C/CC1=CC[CH]C=C1. The van der Waals surface area contributed by atoms with E-state index in [-0.39, 0.29) is 0 Å². The molecule has 0 aromatic rings. The lowest BCUT2D eigenvalue weighted by Gasteiger charge is -2.01. The van der Waals surface area contributed by atoms with Crippen LogP contribution in [-0.2, 0) is 4.84 Å². The van der Waals surface area contributed by atoms with Gasteiger partial charge in [-0.15, -0.1) is 0 Å². The first kappa shape index (κ1) is 8.05. The molecular weight excluding hydrogens is 138 g/mol. The van der Waals surface area contributed by atoms with Gasteiger partial charge < -0.3 is 4.84 Å². The summed E-state index contributed by atoms with van der Waals surface area (Å²) in [6, 6.07) is 0. The second-order valence-electron chi connectivity index (χ2n) is 2.28. The zero-order valence-corrected chi connectivity index (χ0v) is 6.66. The van der Waals surface area contributed by atoms with Crippen LogP contribution in [0.25, 0.3) is 0 Å². The molecule has 0 bridgehead atoms. The molecule has 0 fully saturated rings. The van der Waals surface area contributed by atoms with E-state index in [0.717, 1.165) is 12.8 Å². The van der Waals surface area contributed by atoms with Crippen molar-refractivity contribution in [1.82, 2.24) is 0 Å². The van der Waals surface area contributed by atoms with Crippen LogP contribution in [0.5, 0.6) is 0 Å². The first-order valence-electron chi connectivity index (χ1n) is 3.67. The van der Waals surface area contributed by atoms with E-state index in [1.165, 1.54) is 5.57 Å². The van der Waals surface area contributed by atoms with Gasteiger partial charge in [-0.1, -0.05) is 23.4 Å². The van der Waals surface area contributed by atoms with Crippen molar-refractivity contribution in [2.24, 2.45) is 5.16 Å². The molecule has 0 saturated carbocycles. The first-order valence-corrected chi connectivity index (χ1v) is 3.67. The fraction of sp³-hybridized carbons (Fsp3) is 0.333. The topological polar surface area (TPSA) is 21.6 Å². The highest BCUT2D eigenvalue weighted by Gasteiger charge is 1.94. The molecular formula is C9H12NO. The van der Waals surface area contributed by atoms with Crippen molar-refractivity contribution in [3.05, 3.63) is 30.2 Å². The van der Waals surface area contributed by atoms with Crippen LogP contribution in [0.3, 0.4) is 0 Å². The molecule has 2 nitrogen and oxygen atoms in total. The molecule has 0 N–H and O–H groups in total. The molecule has 0 aromatic carbocycles. The Morgan fingerprint density at radius 2 is 2.64 bits per heavy atom. The Labute approximate surface area is 67.2 Å². The maximum atomic E-state index is 4.54. The van der Waals surface area contributed by atoms with Crippen molar-refractivity contribution < 1.29 is 4.84 Å². The van der Waals surface area contributed by atoms with Gasteiger partial charge in [-0.05, 0) is 18.4 Å². The lowest BCUT2D eigenvalue weighted by Crippen LogP contribution is -1.86. The quantitative estimate of drug-likeness (QED) is 0.446. The standard InChI is InChI=1S/C9H12NO/c1-11-10-8-7-9-5-3-2-4-6-9/h2-3,5-6,8H,4,7H2,1H3/b10-8+. The molecule has 0 atom stereocenters. The third-order valence-corrected chi connectivity index (χ3v) is 1.47. The molecule has 0 amide bonds. The number of rotatable bonds is 3. The van der Waals surface area contributed by atoms with E-state index in [0.29, 0.717) is 0 Å². The average molecular weight is 150 g/mol. The highest BCUT2D eigenvalue weighted by molar-refractivity contribution is 5.62. The van der Waals surface area contributed by atoms with Crippen molar-refractivity contribution >= 4 is 6.21 Å². The van der Waals surface area contributed by atoms with Gasteiger partial charge in [0.25, 0.3) is 0 Å². The summed E-state index contributed by atoms with van der Waals surface area (Å²) >= 11 is 0. The van der Waals surface area contributed by atoms with E-state index in [2.05, 4.69) is 34.6 Å². The molecule has 0 aromatic heterocycles. The number of hydrogen-bond donors (Lipinski definition) is 0. The molecule has 1 aliphatic carbocycles. The van der Waals surface area contributed by atoms with Gasteiger partial charge in [0.1, 0.15) is 7.11 Å². The molecule has 2 heteroatoms. The maximum Gasteiger partial charge on any atom is 0.106 e. The minimum Gasteiger partial charge on any atom is -0.399 e. The Balaban J connectivity index is 2.31. The van der Waals surface area contributed by atoms with Gasteiger partial charge in [0.15, 0.2) is 0 Å². The van der Waals surface area contributed by atoms with Crippen molar-refractivity contribution in [2.75, 3.05) is 7.11 Å². The second-order valence-corrected chi connectivity index (χ2v) is 2.28. The van der Waals surface area contributed by atoms with E-state index >= 15 is 0 Å². The summed E-state index contributed by atoms with van der Waals surface area (Å²) in [7, 11) is 1.55. The molecule has 1 rings (SSSR count). The van der Waals surface area contributed by atoms with Gasteiger partial charge in [0.05, 0.1) is 0 Å². The largest absolute Gasteiger partial charge is 0.399 e. The third kappa shape index (κ3) is 3.03. The molecule has 0 spiro atoms. The van der Waals surface area contributed by atoms with Crippen LogP contribution in [-0.4, -0.2) is 13.3 Å². The fourth-order valence-electron chi connectivity index (χ4n) is 0.926. The van der Waals surface area contributed by atoms with Crippen LogP contribution in [0.2, 0.25) is 0 Å². The van der Waals surface area contributed by atoms with Crippen LogP contribution in [0.15, 0.2) is 29.0 Å². The van der Waals surface area contributed by atoms with E-state index in [9.17, 15) is 0 Å². The van der Waals surface area contributed by atoms with Gasteiger partial charge in [0.2, 0.25) is 0 Å². The third-order valence-electron chi connectivity index (χ3n) is 1.47. The molecule has 0 saturated heterocycles. The summed E-state index contributed by atoms with van der Waals surface area (Å²) in [4.78, 5) is 4.54. The Hall–Kier alpha value is -1.05. The average Bonchev–Trinajstić information content (AvgIpc) is 2.07. The van der Waals surface area contributed by atoms with E-state index in [1.54, 1.807) is 13.3 Å². The zero-order valence-electron chi connectivity index (χ0n) is 6.66. The lowest BCUT2D eigenvalue weighted by atomic mass is 10.1. The van der Waals surface area contributed by atoms with Crippen LogP contribution >= 0.6 is 0 Å². The zero-order chi connectivity index (χ0) is 7.94. The Morgan fingerprint density at radius 1 is 1.73 bits per heavy atom. The molecule has 0 heterocycles. The van der Waals surface area contributed by atoms with Crippen molar-refractivity contribution in [1.29, 1.82) is 0 Å².